The van der Waals surface area contributed by atoms with Crippen molar-refractivity contribution in [3.8, 4) is 0 Å². The van der Waals surface area contributed by atoms with Crippen molar-refractivity contribution in [2.75, 3.05) is 26.2 Å². The number of pyridine rings is 2. The number of aromatic nitrogens is 2. The predicted molar refractivity (Wildman–Crippen MR) is 110 cm³/mol. The van der Waals surface area contributed by atoms with Gasteiger partial charge in [0.25, 0.3) is 5.91 Å². The van der Waals surface area contributed by atoms with Gasteiger partial charge in [0.1, 0.15) is 0 Å². The smallest absolute Gasteiger partial charge is 0.255 e. The molecular weight excluding hydrogens is 364 g/mol. The summed E-state index contributed by atoms with van der Waals surface area (Å²) in [5.41, 5.74) is 2.56. The predicted octanol–water partition coefficient (Wildman–Crippen LogP) is 2.87. The Balaban J connectivity index is 1.43. The summed E-state index contributed by atoms with van der Waals surface area (Å²) >= 11 is 0. The fourth-order valence-corrected chi connectivity index (χ4v) is 4.59. The maximum atomic E-state index is 13.0. The first-order valence-electron chi connectivity index (χ1n) is 10.4. The lowest BCUT2D eigenvalue weighted by Gasteiger charge is -2.48. The van der Waals surface area contributed by atoms with Crippen LogP contribution in [0.25, 0.3) is 0 Å². The SMILES string of the molecule is Cc1ccc(C(=O)N2CCC[C@@]3(CCC(=O)N(CCc4ccccn4)C3)C2)cn1. The number of piperidine rings is 2. The molecule has 6 heteroatoms. The van der Waals surface area contributed by atoms with Gasteiger partial charge in [-0.05, 0) is 50.5 Å². The summed E-state index contributed by atoms with van der Waals surface area (Å²) in [5.74, 6) is 0.270. The van der Waals surface area contributed by atoms with Gasteiger partial charge in [-0.3, -0.25) is 19.6 Å². The van der Waals surface area contributed by atoms with Crippen molar-refractivity contribution in [1.82, 2.24) is 19.8 Å². The van der Waals surface area contributed by atoms with Crippen LogP contribution in [0.5, 0.6) is 0 Å². The summed E-state index contributed by atoms with van der Waals surface area (Å²) in [6, 6.07) is 9.62. The quantitative estimate of drug-likeness (QED) is 0.802. The minimum absolute atomic E-state index is 0.00403. The van der Waals surface area contributed by atoms with Gasteiger partial charge in [-0.15, -0.1) is 0 Å². The van der Waals surface area contributed by atoms with E-state index < -0.39 is 0 Å². The van der Waals surface area contributed by atoms with Crippen LogP contribution in [0.1, 0.15) is 47.4 Å². The summed E-state index contributed by atoms with van der Waals surface area (Å²) in [7, 11) is 0. The number of hydrogen-bond donors (Lipinski definition) is 0. The summed E-state index contributed by atoms with van der Waals surface area (Å²) in [5, 5.41) is 0. The monoisotopic (exact) mass is 392 g/mol. The van der Waals surface area contributed by atoms with E-state index in [0.717, 1.165) is 50.2 Å². The fraction of sp³-hybridized carbons (Fsp3) is 0.478. The zero-order valence-electron chi connectivity index (χ0n) is 17.0. The third-order valence-electron chi connectivity index (χ3n) is 6.22. The van der Waals surface area contributed by atoms with E-state index in [-0.39, 0.29) is 17.2 Å². The number of rotatable bonds is 4. The Labute approximate surface area is 172 Å². The Bertz CT molecular complexity index is 868. The fourth-order valence-electron chi connectivity index (χ4n) is 4.59. The first kappa shape index (κ1) is 19.6. The van der Waals surface area contributed by atoms with Crippen molar-refractivity contribution in [2.45, 2.75) is 39.0 Å². The van der Waals surface area contributed by atoms with Crippen LogP contribution in [0.3, 0.4) is 0 Å². The molecule has 4 heterocycles. The Kier molecular flexibility index (Phi) is 5.60. The molecule has 2 aromatic heterocycles. The van der Waals surface area contributed by atoms with E-state index in [4.69, 9.17) is 0 Å². The van der Waals surface area contributed by atoms with Crippen molar-refractivity contribution in [1.29, 1.82) is 0 Å². The van der Waals surface area contributed by atoms with Gasteiger partial charge in [-0.25, -0.2) is 0 Å². The van der Waals surface area contributed by atoms with Gasteiger partial charge < -0.3 is 9.80 Å². The van der Waals surface area contributed by atoms with Crippen molar-refractivity contribution in [3.05, 3.63) is 59.7 Å². The van der Waals surface area contributed by atoms with Crippen LogP contribution >= 0.6 is 0 Å². The van der Waals surface area contributed by atoms with Crippen molar-refractivity contribution in [3.63, 3.8) is 0 Å². The van der Waals surface area contributed by atoms with Crippen LogP contribution in [-0.2, 0) is 11.2 Å². The maximum Gasteiger partial charge on any atom is 0.255 e. The number of carbonyl (C=O) groups excluding carboxylic acids is 2. The largest absolute Gasteiger partial charge is 0.342 e. The van der Waals surface area contributed by atoms with Crippen LogP contribution in [0, 0.1) is 12.3 Å². The van der Waals surface area contributed by atoms with Gasteiger partial charge in [-0.2, -0.15) is 0 Å². The minimum Gasteiger partial charge on any atom is -0.342 e. The van der Waals surface area contributed by atoms with Crippen LogP contribution in [0.15, 0.2) is 42.7 Å². The molecule has 0 saturated carbocycles. The lowest BCUT2D eigenvalue weighted by molar-refractivity contribution is -0.138. The standard InChI is InChI=1S/C23H28N4O2/c1-18-6-7-19(15-25-18)22(29)27-13-4-10-23(17-27)11-8-21(28)26(16-23)14-9-20-5-2-3-12-24-20/h2-3,5-7,12,15H,4,8-11,13-14,16-17H2,1H3/t23-/m0/s1. The van der Waals surface area contributed by atoms with E-state index in [0.29, 0.717) is 25.1 Å². The Morgan fingerprint density at radius 1 is 1.14 bits per heavy atom. The Morgan fingerprint density at radius 3 is 2.79 bits per heavy atom. The van der Waals surface area contributed by atoms with Crippen molar-refractivity contribution in [2.24, 2.45) is 5.41 Å². The highest BCUT2D eigenvalue weighted by Crippen LogP contribution is 2.39. The molecule has 2 saturated heterocycles. The second-order valence-electron chi connectivity index (χ2n) is 8.40. The lowest BCUT2D eigenvalue weighted by atomic mass is 9.73. The molecule has 2 aromatic rings. The molecule has 0 aliphatic carbocycles. The van der Waals surface area contributed by atoms with E-state index in [2.05, 4.69) is 9.97 Å². The molecule has 0 aromatic carbocycles. The van der Waals surface area contributed by atoms with Gasteiger partial charge in [0, 0.05) is 68.2 Å². The average Bonchev–Trinajstić information content (AvgIpc) is 2.75. The lowest BCUT2D eigenvalue weighted by Crippen LogP contribution is -2.55. The Hall–Kier alpha value is -2.76. The molecule has 2 aliphatic rings. The number of amides is 2. The normalized spacial score (nSPS) is 22.2. The molecule has 1 atom stereocenters. The van der Waals surface area contributed by atoms with Gasteiger partial charge in [0.05, 0.1) is 5.56 Å². The van der Waals surface area contributed by atoms with Crippen molar-refractivity contribution >= 4 is 11.8 Å². The second kappa shape index (κ2) is 8.31. The zero-order chi connectivity index (χ0) is 20.3. The van der Waals surface area contributed by atoms with Gasteiger partial charge >= 0.3 is 0 Å². The number of carbonyl (C=O) groups is 2. The zero-order valence-corrected chi connectivity index (χ0v) is 17.0. The summed E-state index contributed by atoms with van der Waals surface area (Å²) in [6.45, 7) is 4.83. The minimum atomic E-state index is 0.00403. The number of aryl methyl sites for hydroxylation is 1. The molecule has 29 heavy (non-hydrogen) atoms. The number of likely N-dealkylation sites (tertiary alicyclic amines) is 2. The first-order chi connectivity index (χ1) is 14.0. The topological polar surface area (TPSA) is 66.4 Å². The highest BCUT2D eigenvalue weighted by atomic mass is 16.2. The molecule has 1 spiro atoms. The highest BCUT2D eigenvalue weighted by molar-refractivity contribution is 5.94. The summed E-state index contributed by atoms with van der Waals surface area (Å²) < 4.78 is 0. The average molecular weight is 393 g/mol. The molecule has 6 nitrogen and oxygen atoms in total. The third kappa shape index (κ3) is 4.47. The van der Waals surface area contributed by atoms with Crippen LogP contribution < -0.4 is 0 Å². The molecule has 4 rings (SSSR count). The van der Waals surface area contributed by atoms with Crippen LogP contribution in [0.2, 0.25) is 0 Å². The Morgan fingerprint density at radius 2 is 2.03 bits per heavy atom. The van der Waals surface area contributed by atoms with Gasteiger partial charge in [0.2, 0.25) is 5.91 Å². The highest BCUT2D eigenvalue weighted by Gasteiger charge is 2.42. The van der Waals surface area contributed by atoms with E-state index in [1.165, 1.54) is 0 Å². The van der Waals surface area contributed by atoms with Crippen LogP contribution in [-0.4, -0.2) is 57.8 Å². The van der Waals surface area contributed by atoms with Gasteiger partial charge in [-0.1, -0.05) is 6.07 Å². The molecule has 2 fully saturated rings. The van der Waals surface area contributed by atoms with E-state index in [9.17, 15) is 9.59 Å². The van der Waals surface area contributed by atoms with E-state index in [1.54, 1.807) is 12.4 Å². The molecule has 2 amide bonds. The maximum absolute atomic E-state index is 13.0. The number of nitrogens with zero attached hydrogens (tertiary/aromatic N) is 4. The number of hydrogen-bond acceptors (Lipinski definition) is 4. The molecule has 0 radical (unpaired) electrons. The molecule has 0 unspecified atom stereocenters. The van der Waals surface area contributed by atoms with E-state index in [1.807, 2.05) is 47.1 Å². The van der Waals surface area contributed by atoms with E-state index >= 15 is 0 Å². The third-order valence-corrected chi connectivity index (χ3v) is 6.22. The molecular formula is C23H28N4O2. The molecule has 2 aliphatic heterocycles. The second-order valence-corrected chi connectivity index (χ2v) is 8.40. The van der Waals surface area contributed by atoms with Gasteiger partial charge in [0.15, 0.2) is 0 Å². The first-order valence-corrected chi connectivity index (χ1v) is 10.4. The van der Waals surface area contributed by atoms with Crippen LogP contribution in [0.4, 0.5) is 0 Å². The molecule has 0 bridgehead atoms. The molecule has 0 N–H and O–H groups in total. The molecule has 152 valence electrons. The summed E-state index contributed by atoms with van der Waals surface area (Å²) in [4.78, 5) is 38.1. The summed E-state index contributed by atoms with van der Waals surface area (Å²) in [6.07, 6.45) is 7.70. The van der Waals surface area contributed by atoms with Crippen molar-refractivity contribution < 1.29 is 9.59 Å².